The largest absolute Gasteiger partial charge is 0.455 e. The van der Waals surface area contributed by atoms with E-state index in [0.29, 0.717) is 53.3 Å². The summed E-state index contributed by atoms with van der Waals surface area (Å²) in [6, 6.07) is 14.4. The van der Waals surface area contributed by atoms with Gasteiger partial charge in [-0.1, -0.05) is 36.4 Å². The number of thiazole rings is 1. The van der Waals surface area contributed by atoms with Gasteiger partial charge in [0.05, 0.1) is 16.9 Å². The second-order valence-electron chi connectivity index (χ2n) is 8.35. The van der Waals surface area contributed by atoms with Crippen LogP contribution in [0.1, 0.15) is 28.8 Å². The number of fused-ring (bicyclic) bond motifs is 1. The summed E-state index contributed by atoms with van der Waals surface area (Å²) in [6.07, 6.45) is 3.05. The predicted octanol–water partition coefficient (Wildman–Crippen LogP) is 4.72. The number of amides is 2. The molecule has 1 saturated heterocycles. The molecule has 0 aliphatic carbocycles. The summed E-state index contributed by atoms with van der Waals surface area (Å²) in [5.41, 5.74) is 1.72. The number of nitrogens with one attached hydrogen (secondary N) is 1. The first kappa shape index (κ1) is 22.0. The maximum atomic E-state index is 13.6. The van der Waals surface area contributed by atoms with Crippen molar-refractivity contribution in [2.24, 2.45) is 5.92 Å². The highest BCUT2D eigenvalue weighted by atomic mass is 32.1. The standard InChI is InChI=1S/C26H23N3O4S/c1-16-21(30)19-10-5-11-20(23(19)33-22(16)17-7-3-2-4-8-17)25(32)29-13-6-9-18(15-29)24(31)28-26-27-12-14-34-26/h2-5,7-8,10-12,14,18H,6,9,13,15H2,1H3,(H,27,28,31). The Balaban J connectivity index is 1.47. The van der Waals surface area contributed by atoms with Crippen LogP contribution in [0.4, 0.5) is 5.13 Å². The maximum Gasteiger partial charge on any atom is 0.257 e. The van der Waals surface area contributed by atoms with Gasteiger partial charge in [-0.05, 0) is 31.9 Å². The molecule has 0 spiro atoms. The van der Waals surface area contributed by atoms with Crippen molar-refractivity contribution in [3.05, 3.63) is 81.5 Å². The summed E-state index contributed by atoms with van der Waals surface area (Å²) in [5.74, 6) is -0.259. The lowest BCUT2D eigenvalue weighted by Gasteiger charge is -2.32. The van der Waals surface area contributed by atoms with Crippen LogP contribution in [0.25, 0.3) is 22.3 Å². The number of nitrogens with zero attached hydrogens (tertiary/aromatic N) is 2. The highest BCUT2D eigenvalue weighted by Gasteiger charge is 2.30. The molecule has 2 aromatic carbocycles. The van der Waals surface area contributed by atoms with Crippen molar-refractivity contribution in [1.82, 2.24) is 9.88 Å². The van der Waals surface area contributed by atoms with Gasteiger partial charge in [-0.15, -0.1) is 11.3 Å². The van der Waals surface area contributed by atoms with E-state index >= 15 is 0 Å². The number of piperidine rings is 1. The van der Waals surface area contributed by atoms with Gasteiger partial charge in [-0.25, -0.2) is 4.98 Å². The van der Waals surface area contributed by atoms with Crippen LogP contribution in [-0.2, 0) is 4.79 Å². The van der Waals surface area contributed by atoms with Gasteiger partial charge in [0.1, 0.15) is 5.76 Å². The fraction of sp³-hybridized carbons (Fsp3) is 0.231. The lowest BCUT2D eigenvalue weighted by molar-refractivity contribution is -0.121. The Hall–Kier alpha value is -3.78. The number of anilines is 1. The van der Waals surface area contributed by atoms with Crippen molar-refractivity contribution in [3.8, 4) is 11.3 Å². The summed E-state index contributed by atoms with van der Waals surface area (Å²) < 4.78 is 6.21. The van der Waals surface area contributed by atoms with E-state index in [0.717, 1.165) is 5.56 Å². The molecule has 8 heteroatoms. The van der Waals surface area contributed by atoms with Crippen LogP contribution >= 0.6 is 11.3 Å². The number of benzene rings is 2. The molecule has 2 amide bonds. The molecule has 4 aromatic rings. The SMILES string of the molecule is Cc1c(-c2ccccc2)oc2c(C(=O)N3CCCC(C(=O)Nc4nccs4)C3)cccc2c1=O. The van der Waals surface area contributed by atoms with E-state index in [9.17, 15) is 14.4 Å². The Morgan fingerprint density at radius 2 is 1.97 bits per heavy atom. The second kappa shape index (κ2) is 9.23. The highest BCUT2D eigenvalue weighted by Crippen LogP contribution is 2.29. The predicted molar refractivity (Wildman–Crippen MR) is 132 cm³/mol. The minimum Gasteiger partial charge on any atom is -0.455 e. The molecule has 172 valence electrons. The molecule has 0 radical (unpaired) electrons. The fourth-order valence-corrected chi connectivity index (χ4v) is 4.91. The first-order valence-electron chi connectivity index (χ1n) is 11.1. The number of rotatable bonds is 4. The first-order chi connectivity index (χ1) is 16.5. The highest BCUT2D eigenvalue weighted by molar-refractivity contribution is 7.13. The molecule has 1 aliphatic heterocycles. The normalized spacial score (nSPS) is 15.9. The van der Waals surface area contributed by atoms with Crippen LogP contribution in [0.15, 0.2) is 69.3 Å². The third-order valence-corrected chi connectivity index (χ3v) is 6.84. The number of likely N-dealkylation sites (tertiary alicyclic amines) is 1. The van der Waals surface area contributed by atoms with E-state index in [1.54, 1.807) is 41.6 Å². The van der Waals surface area contributed by atoms with Crippen LogP contribution in [-0.4, -0.2) is 34.8 Å². The van der Waals surface area contributed by atoms with Crippen molar-refractivity contribution in [2.75, 3.05) is 18.4 Å². The molecule has 7 nitrogen and oxygen atoms in total. The number of carbonyl (C=O) groups excluding carboxylic acids is 2. The second-order valence-corrected chi connectivity index (χ2v) is 9.24. The zero-order chi connectivity index (χ0) is 23.7. The zero-order valence-corrected chi connectivity index (χ0v) is 19.4. The molecule has 34 heavy (non-hydrogen) atoms. The molecule has 1 aliphatic rings. The Morgan fingerprint density at radius 3 is 2.74 bits per heavy atom. The average Bonchev–Trinajstić information content (AvgIpc) is 3.39. The van der Waals surface area contributed by atoms with Crippen LogP contribution in [0, 0.1) is 12.8 Å². The number of hydrogen-bond acceptors (Lipinski definition) is 6. The summed E-state index contributed by atoms with van der Waals surface area (Å²) in [5, 5.41) is 5.55. The fourth-order valence-electron chi connectivity index (χ4n) is 4.38. The van der Waals surface area contributed by atoms with Crippen LogP contribution in [0.3, 0.4) is 0 Å². The topological polar surface area (TPSA) is 92.5 Å². The van der Waals surface area contributed by atoms with E-state index < -0.39 is 0 Å². The van der Waals surface area contributed by atoms with Crippen LogP contribution in [0.2, 0.25) is 0 Å². The third-order valence-electron chi connectivity index (χ3n) is 6.15. The van der Waals surface area contributed by atoms with Crippen molar-refractivity contribution in [3.63, 3.8) is 0 Å². The van der Waals surface area contributed by atoms with Gasteiger partial charge in [0.25, 0.3) is 5.91 Å². The molecule has 1 fully saturated rings. The third kappa shape index (κ3) is 4.12. The molecule has 3 heterocycles. The molecule has 0 bridgehead atoms. The molecule has 1 unspecified atom stereocenters. The first-order valence-corrected chi connectivity index (χ1v) is 12.0. The van der Waals surface area contributed by atoms with Crippen LogP contribution in [0.5, 0.6) is 0 Å². The Morgan fingerprint density at radius 1 is 1.15 bits per heavy atom. The summed E-state index contributed by atoms with van der Waals surface area (Å²) in [4.78, 5) is 45.2. The number of aromatic nitrogens is 1. The summed E-state index contributed by atoms with van der Waals surface area (Å²) in [6.45, 7) is 2.57. The zero-order valence-electron chi connectivity index (χ0n) is 18.6. The van der Waals surface area contributed by atoms with Gasteiger partial charge < -0.3 is 14.6 Å². The lowest BCUT2D eigenvalue weighted by atomic mass is 9.96. The van der Waals surface area contributed by atoms with Crippen molar-refractivity contribution in [2.45, 2.75) is 19.8 Å². The van der Waals surface area contributed by atoms with Crippen molar-refractivity contribution < 1.29 is 14.0 Å². The number of para-hydroxylation sites is 1. The van der Waals surface area contributed by atoms with Crippen molar-refractivity contribution >= 4 is 39.3 Å². The van der Waals surface area contributed by atoms with E-state index in [4.69, 9.17) is 4.42 Å². The van der Waals surface area contributed by atoms with Gasteiger partial charge in [0.15, 0.2) is 16.1 Å². The van der Waals surface area contributed by atoms with Gasteiger partial charge in [0, 0.05) is 35.8 Å². The smallest absolute Gasteiger partial charge is 0.257 e. The van der Waals surface area contributed by atoms with Gasteiger partial charge >= 0.3 is 0 Å². The van der Waals surface area contributed by atoms with Gasteiger partial charge in [-0.3, -0.25) is 14.4 Å². The van der Waals surface area contributed by atoms with Gasteiger partial charge in [0.2, 0.25) is 5.91 Å². The van der Waals surface area contributed by atoms with Gasteiger partial charge in [-0.2, -0.15) is 0 Å². The molecule has 1 atom stereocenters. The van der Waals surface area contributed by atoms with E-state index in [2.05, 4.69) is 10.3 Å². The number of hydrogen-bond donors (Lipinski definition) is 1. The summed E-state index contributed by atoms with van der Waals surface area (Å²) >= 11 is 1.36. The van der Waals surface area contributed by atoms with E-state index in [1.807, 2.05) is 30.3 Å². The van der Waals surface area contributed by atoms with E-state index in [1.165, 1.54) is 11.3 Å². The minimum atomic E-state index is -0.328. The molecule has 5 rings (SSSR count). The van der Waals surface area contributed by atoms with Crippen molar-refractivity contribution in [1.29, 1.82) is 0 Å². The Labute approximate surface area is 200 Å². The maximum absolute atomic E-state index is 13.6. The minimum absolute atomic E-state index is 0.140. The lowest BCUT2D eigenvalue weighted by Crippen LogP contribution is -2.43. The molecular formula is C26H23N3O4S. The molecular weight excluding hydrogens is 450 g/mol. The summed E-state index contributed by atoms with van der Waals surface area (Å²) in [7, 11) is 0. The molecule has 1 N–H and O–H groups in total. The monoisotopic (exact) mass is 473 g/mol. The quantitative estimate of drug-likeness (QED) is 0.463. The molecule has 0 saturated carbocycles. The Bertz CT molecular complexity index is 1410. The Kier molecular flexibility index (Phi) is 5.98. The van der Waals surface area contributed by atoms with E-state index in [-0.39, 0.29) is 28.7 Å². The number of carbonyl (C=O) groups is 2. The average molecular weight is 474 g/mol. The van der Waals surface area contributed by atoms with Crippen LogP contribution < -0.4 is 10.7 Å². The molecule has 2 aromatic heterocycles.